The highest BCUT2D eigenvalue weighted by atomic mass is 19.3. The molecule has 0 saturated carbocycles. The Kier molecular flexibility index (Phi) is 6.39. The second-order valence-electron chi connectivity index (χ2n) is 6.42. The fourth-order valence-corrected chi connectivity index (χ4v) is 2.94. The van der Waals surface area contributed by atoms with E-state index in [9.17, 15) is 13.6 Å². The molecule has 0 radical (unpaired) electrons. The molecule has 0 fully saturated rings. The normalized spacial score (nSPS) is 11.2. The highest BCUT2D eigenvalue weighted by Gasteiger charge is 2.22. The minimum Gasteiger partial charge on any atom is -0.337 e. The fraction of sp³-hybridized carbons (Fsp3) is 0.556. The van der Waals surface area contributed by atoms with Crippen molar-refractivity contribution >= 4 is 5.91 Å². The van der Waals surface area contributed by atoms with Crippen molar-refractivity contribution < 1.29 is 13.6 Å². The second kappa shape index (κ2) is 8.33. The third-order valence-electron chi connectivity index (χ3n) is 4.13. The highest BCUT2D eigenvalue weighted by Crippen LogP contribution is 2.18. The minimum absolute atomic E-state index is 0.0369. The molecule has 6 nitrogen and oxygen atoms in total. The van der Waals surface area contributed by atoms with Crippen molar-refractivity contribution in [2.75, 3.05) is 13.1 Å². The molecule has 0 atom stereocenters. The number of amides is 1. The van der Waals surface area contributed by atoms with E-state index in [0.717, 1.165) is 22.6 Å². The van der Waals surface area contributed by atoms with E-state index in [-0.39, 0.29) is 12.3 Å². The first-order valence-corrected chi connectivity index (χ1v) is 8.66. The molecular weight excluding hydrogens is 340 g/mol. The van der Waals surface area contributed by atoms with Crippen molar-refractivity contribution in [3.05, 3.63) is 34.4 Å². The zero-order valence-electron chi connectivity index (χ0n) is 15.9. The molecule has 0 aromatic carbocycles. The first kappa shape index (κ1) is 19.9. The quantitative estimate of drug-likeness (QED) is 0.757. The van der Waals surface area contributed by atoms with Gasteiger partial charge >= 0.3 is 0 Å². The lowest BCUT2D eigenvalue weighted by Gasteiger charge is -2.21. The molecule has 2 aromatic rings. The van der Waals surface area contributed by atoms with Gasteiger partial charge in [0, 0.05) is 29.2 Å². The number of rotatable bonds is 7. The van der Waals surface area contributed by atoms with Gasteiger partial charge in [-0.15, -0.1) is 0 Å². The molecule has 2 aromatic heterocycles. The summed E-state index contributed by atoms with van der Waals surface area (Å²) in [6, 6.07) is 1.87. The molecule has 0 bridgehead atoms. The van der Waals surface area contributed by atoms with Crippen LogP contribution in [0.4, 0.5) is 8.78 Å². The first-order chi connectivity index (χ1) is 12.2. The molecule has 0 aliphatic carbocycles. The van der Waals surface area contributed by atoms with Crippen molar-refractivity contribution in [3.63, 3.8) is 0 Å². The van der Waals surface area contributed by atoms with E-state index in [2.05, 4.69) is 15.1 Å². The maximum absolute atomic E-state index is 12.7. The Balaban J connectivity index is 2.30. The average molecular weight is 365 g/mol. The van der Waals surface area contributed by atoms with Crippen LogP contribution in [-0.2, 0) is 11.2 Å². The standard InChI is InChI=1S/C18H25F2N5O/c1-6-7-24(10-16(19)20)17(26)9-15-13(4)23-25(14(15)5)18-21-11(2)8-12(3)22-18/h8,16H,6-7,9-10H2,1-5H3. The summed E-state index contributed by atoms with van der Waals surface area (Å²) in [5.41, 5.74) is 3.79. The van der Waals surface area contributed by atoms with Crippen LogP contribution >= 0.6 is 0 Å². The van der Waals surface area contributed by atoms with E-state index in [1.165, 1.54) is 4.90 Å². The molecule has 0 spiro atoms. The van der Waals surface area contributed by atoms with Crippen LogP contribution in [0.2, 0.25) is 0 Å². The number of halogens is 2. The Hall–Kier alpha value is -2.38. The van der Waals surface area contributed by atoms with E-state index in [1.807, 2.05) is 33.8 Å². The third kappa shape index (κ3) is 4.62. The van der Waals surface area contributed by atoms with Crippen LogP contribution < -0.4 is 0 Å². The fourth-order valence-electron chi connectivity index (χ4n) is 2.94. The Labute approximate surface area is 152 Å². The topological polar surface area (TPSA) is 63.9 Å². The van der Waals surface area contributed by atoms with Crippen LogP contribution in [0.25, 0.3) is 5.95 Å². The van der Waals surface area contributed by atoms with Gasteiger partial charge in [-0.3, -0.25) is 4.79 Å². The van der Waals surface area contributed by atoms with Gasteiger partial charge in [0.25, 0.3) is 12.4 Å². The largest absolute Gasteiger partial charge is 0.337 e. The van der Waals surface area contributed by atoms with E-state index in [4.69, 9.17) is 0 Å². The van der Waals surface area contributed by atoms with Gasteiger partial charge in [0.05, 0.1) is 18.7 Å². The maximum Gasteiger partial charge on any atom is 0.255 e. The molecule has 0 unspecified atom stereocenters. The van der Waals surface area contributed by atoms with Gasteiger partial charge in [0.15, 0.2) is 0 Å². The molecule has 0 aliphatic rings. The number of aryl methyl sites for hydroxylation is 3. The zero-order valence-corrected chi connectivity index (χ0v) is 15.9. The SMILES string of the molecule is CCCN(CC(F)F)C(=O)Cc1c(C)nn(-c2nc(C)cc(C)n2)c1C. The number of carbonyl (C=O) groups excluding carboxylic acids is 1. The first-order valence-electron chi connectivity index (χ1n) is 8.66. The Morgan fingerprint density at radius 2 is 1.81 bits per heavy atom. The van der Waals surface area contributed by atoms with Crippen LogP contribution in [0.1, 0.15) is 41.7 Å². The summed E-state index contributed by atoms with van der Waals surface area (Å²) >= 11 is 0. The number of aromatic nitrogens is 4. The number of hydrogen-bond donors (Lipinski definition) is 0. The van der Waals surface area contributed by atoms with Crippen LogP contribution in [-0.4, -0.2) is 50.1 Å². The minimum atomic E-state index is -2.54. The number of carbonyl (C=O) groups is 1. The predicted octanol–water partition coefficient (Wildman–Crippen LogP) is 2.94. The van der Waals surface area contributed by atoms with Gasteiger partial charge in [-0.1, -0.05) is 6.92 Å². The van der Waals surface area contributed by atoms with Crippen LogP contribution in [0.15, 0.2) is 6.07 Å². The third-order valence-corrected chi connectivity index (χ3v) is 4.13. The van der Waals surface area contributed by atoms with E-state index < -0.39 is 13.0 Å². The van der Waals surface area contributed by atoms with Gasteiger partial charge < -0.3 is 4.90 Å². The molecule has 8 heteroatoms. The predicted molar refractivity (Wildman–Crippen MR) is 94.7 cm³/mol. The summed E-state index contributed by atoms with van der Waals surface area (Å²) in [5.74, 6) is 0.124. The van der Waals surface area contributed by atoms with Gasteiger partial charge in [-0.05, 0) is 40.2 Å². The van der Waals surface area contributed by atoms with Gasteiger partial charge in [-0.25, -0.2) is 23.4 Å². The lowest BCUT2D eigenvalue weighted by Crippen LogP contribution is -2.36. The monoisotopic (exact) mass is 365 g/mol. The molecule has 1 amide bonds. The smallest absolute Gasteiger partial charge is 0.255 e. The van der Waals surface area contributed by atoms with Gasteiger partial charge in [0.2, 0.25) is 5.91 Å². The summed E-state index contributed by atoms with van der Waals surface area (Å²) in [6.45, 7) is 9.02. The Bertz CT molecular complexity index is 768. The Morgan fingerprint density at radius 3 is 2.35 bits per heavy atom. The molecule has 2 rings (SSSR count). The summed E-state index contributed by atoms with van der Waals surface area (Å²) in [6.07, 6.45) is -1.87. The van der Waals surface area contributed by atoms with Crippen molar-refractivity contribution in [1.82, 2.24) is 24.6 Å². The van der Waals surface area contributed by atoms with Gasteiger partial charge in [-0.2, -0.15) is 5.10 Å². The van der Waals surface area contributed by atoms with Crippen LogP contribution in [0.3, 0.4) is 0 Å². The zero-order chi connectivity index (χ0) is 19.4. The summed E-state index contributed by atoms with van der Waals surface area (Å²) in [5, 5.41) is 4.45. The van der Waals surface area contributed by atoms with Gasteiger partial charge in [0.1, 0.15) is 0 Å². The molecule has 0 saturated heterocycles. The van der Waals surface area contributed by atoms with Crippen LogP contribution in [0, 0.1) is 27.7 Å². The summed E-state index contributed by atoms with van der Waals surface area (Å²) < 4.78 is 27.1. The lowest BCUT2D eigenvalue weighted by molar-refractivity contribution is -0.132. The summed E-state index contributed by atoms with van der Waals surface area (Å²) in [7, 11) is 0. The second-order valence-corrected chi connectivity index (χ2v) is 6.42. The lowest BCUT2D eigenvalue weighted by atomic mass is 10.1. The van der Waals surface area contributed by atoms with Crippen molar-refractivity contribution in [2.45, 2.75) is 53.9 Å². The molecule has 26 heavy (non-hydrogen) atoms. The average Bonchev–Trinajstić information content (AvgIpc) is 2.81. The van der Waals surface area contributed by atoms with Crippen molar-refractivity contribution in [2.24, 2.45) is 0 Å². The maximum atomic E-state index is 12.7. The van der Waals surface area contributed by atoms with Crippen molar-refractivity contribution in [3.8, 4) is 5.95 Å². The van der Waals surface area contributed by atoms with Crippen LogP contribution in [0.5, 0.6) is 0 Å². The summed E-state index contributed by atoms with van der Waals surface area (Å²) in [4.78, 5) is 22.5. The van der Waals surface area contributed by atoms with E-state index >= 15 is 0 Å². The molecule has 0 aliphatic heterocycles. The number of hydrogen-bond acceptors (Lipinski definition) is 4. The molecule has 142 valence electrons. The molecular formula is C18H25F2N5O. The Morgan fingerprint density at radius 1 is 1.19 bits per heavy atom. The molecule has 0 N–H and O–H groups in total. The van der Waals surface area contributed by atoms with E-state index in [0.29, 0.717) is 24.6 Å². The number of alkyl halides is 2. The number of nitrogens with zero attached hydrogens (tertiary/aromatic N) is 5. The van der Waals surface area contributed by atoms with Crippen molar-refractivity contribution in [1.29, 1.82) is 0 Å². The molecule has 2 heterocycles. The highest BCUT2D eigenvalue weighted by molar-refractivity contribution is 5.79. The van der Waals surface area contributed by atoms with E-state index in [1.54, 1.807) is 11.6 Å².